The van der Waals surface area contributed by atoms with Gasteiger partial charge in [-0.3, -0.25) is 0 Å². The molecule has 0 aliphatic carbocycles. The highest BCUT2D eigenvalue weighted by molar-refractivity contribution is 7.91. The second-order valence-electron chi connectivity index (χ2n) is 2.95. The van der Waals surface area contributed by atoms with E-state index in [1.165, 1.54) is 31.5 Å². The monoisotopic (exact) mass is 239 g/mol. The van der Waals surface area contributed by atoms with Crippen LogP contribution in [0.25, 0.3) is 0 Å². The zero-order valence-corrected chi connectivity index (χ0v) is 9.23. The SMILES string of the molecule is COc1ccc(S(=O)(=O)c2ccc[nH]2)nn1. The Bertz CT molecular complexity index is 561. The van der Waals surface area contributed by atoms with Crippen molar-refractivity contribution in [1.29, 1.82) is 0 Å². The summed E-state index contributed by atoms with van der Waals surface area (Å²) in [7, 11) is -2.17. The maximum absolute atomic E-state index is 11.9. The predicted molar refractivity (Wildman–Crippen MR) is 54.8 cm³/mol. The van der Waals surface area contributed by atoms with Gasteiger partial charge in [0.1, 0.15) is 5.03 Å². The molecule has 0 aromatic carbocycles. The van der Waals surface area contributed by atoms with Crippen LogP contribution in [0.2, 0.25) is 0 Å². The summed E-state index contributed by atoms with van der Waals surface area (Å²) in [5, 5.41) is 7.18. The molecule has 6 nitrogen and oxygen atoms in total. The van der Waals surface area contributed by atoms with Gasteiger partial charge in [-0.1, -0.05) is 0 Å². The Labute approximate surface area is 92.2 Å². The molecule has 0 spiro atoms. The van der Waals surface area contributed by atoms with Gasteiger partial charge in [0, 0.05) is 12.3 Å². The third-order valence-electron chi connectivity index (χ3n) is 1.96. The second-order valence-corrected chi connectivity index (χ2v) is 4.82. The highest BCUT2D eigenvalue weighted by Gasteiger charge is 2.20. The summed E-state index contributed by atoms with van der Waals surface area (Å²) in [4.78, 5) is 2.62. The lowest BCUT2D eigenvalue weighted by Gasteiger charge is -2.01. The average Bonchev–Trinajstić information content (AvgIpc) is 2.83. The largest absolute Gasteiger partial charge is 0.480 e. The quantitative estimate of drug-likeness (QED) is 0.849. The summed E-state index contributed by atoms with van der Waals surface area (Å²) in [6, 6.07) is 5.86. The number of nitrogens with zero attached hydrogens (tertiary/aromatic N) is 2. The number of methoxy groups -OCH3 is 1. The summed E-state index contributed by atoms with van der Waals surface area (Å²) in [5.41, 5.74) is 0. The van der Waals surface area contributed by atoms with Crippen molar-refractivity contribution in [3.63, 3.8) is 0 Å². The lowest BCUT2D eigenvalue weighted by Crippen LogP contribution is -2.06. The summed E-state index contributed by atoms with van der Waals surface area (Å²) in [6.45, 7) is 0. The minimum absolute atomic E-state index is 0.0898. The first kappa shape index (κ1) is 10.6. The van der Waals surface area contributed by atoms with E-state index in [1.54, 1.807) is 6.07 Å². The van der Waals surface area contributed by atoms with E-state index >= 15 is 0 Å². The van der Waals surface area contributed by atoms with E-state index in [-0.39, 0.29) is 15.9 Å². The van der Waals surface area contributed by atoms with Gasteiger partial charge >= 0.3 is 0 Å². The van der Waals surface area contributed by atoms with Gasteiger partial charge < -0.3 is 9.72 Å². The van der Waals surface area contributed by atoms with E-state index in [1.807, 2.05) is 0 Å². The Morgan fingerprint density at radius 2 is 2.06 bits per heavy atom. The standard InChI is InChI=1S/C9H9N3O3S/c1-15-7-4-5-9(12-11-7)16(13,14)8-3-2-6-10-8/h2-6,10H,1H3. The van der Waals surface area contributed by atoms with Crippen molar-refractivity contribution >= 4 is 9.84 Å². The Balaban J connectivity index is 2.44. The number of hydrogen-bond donors (Lipinski definition) is 1. The Kier molecular flexibility index (Phi) is 2.61. The number of ether oxygens (including phenoxy) is 1. The fourth-order valence-electron chi connectivity index (χ4n) is 1.15. The molecular weight excluding hydrogens is 230 g/mol. The van der Waals surface area contributed by atoms with E-state index in [9.17, 15) is 8.42 Å². The summed E-state index contributed by atoms with van der Waals surface area (Å²) < 4.78 is 28.6. The molecule has 0 unspecified atom stereocenters. The molecule has 0 aliphatic rings. The molecule has 2 rings (SSSR count). The van der Waals surface area contributed by atoms with E-state index in [2.05, 4.69) is 15.2 Å². The molecule has 0 amide bonds. The van der Waals surface area contributed by atoms with Crippen LogP contribution in [0.1, 0.15) is 0 Å². The first-order valence-electron chi connectivity index (χ1n) is 4.41. The first-order valence-corrected chi connectivity index (χ1v) is 5.89. The number of sulfone groups is 1. The molecule has 7 heteroatoms. The van der Waals surface area contributed by atoms with E-state index in [0.717, 1.165) is 0 Å². The lowest BCUT2D eigenvalue weighted by atomic mass is 10.6. The number of hydrogen-bond acceptors (Lipinski definition) is 5. The molecule has 0 bridgehead atoms. The molecule has 84 valence electrons. The van der Waals surface area contributed by atoms with E-state index in [4.69, 9.17) is 4.74 Å². The van der Waals surface area contributed by atoms with E-state index in [0.29, 0.717) is 0 Å². The molecule has 2 aromatic heterocycles. The van der Waals surface area contributed by atoms with Crippen LogP contribution in [0, 0.1) is 0 Å². The highest BCUT2D eigenvalue weighted by atomic mass is 32.2. The first-order chi connectivity index (χ1) is 7.64. The lowest BCUT2D eigenvalue weighted by molar-refractivity contribution is 0.389. The van der Waals surface area contributed by atoms with Crippen LogP contribution in [0.3, 0.4) is 0 Å². The van der Waals surface area contributed by atoms with Crippen LogP contribution in [0.15, 0.2) is 40.5 Å². The number of aromatic nitrogens is 3. The van der Waals surface area contributed by atoms with Crippen molar-refractivity contribution in [3.05, 3.63) is 30.5 Å². The van der Waals surface area contributed by atoms with Crippen molar-refractivity contribution in [2.24, 2.45) is 0 Å². The molecule has 16 heavy (non-hydrogen) atoms. The van der Waals surface area contributed by atoms with Crippen molar-refractivity contribution in [2.45, 2.75) is 10.1 Å². The van der Waals surface area contributed by atoms with Crippen LogP contribution in [0.5, 0.6) is 5.88 Å². The third-order valence-corrected chi connectivity index (χ3v) is 3.56. The van der Waals surface area contributed by atoms with Crippen LogP contribution < -0.4 is 4.74 Å². The van der Waals surface area contributed by atoms with E-state index < -0.39 is 9.84 Å². The Hall–Kier alpha value is -1.89. The highest BCUT2D eigenvalue weighted by Crippen LogP contribution is 2.17. The Morgan fingerprint density at radius 1 is 1.25 bits per heavy atom. The van der Waals surface area contributed by atoms with Crippen LogP contribution >= 0.6 is 0 Å². The minimum Gasteiger partial charge on any atom is -0.480 e. The number of H-pyrrole nitrogens is 1. The van der Waals surface area contributed by atoms with Crippen molar-refractivity contribution in [1.82, 2.24) is 15.2 Å². The summed E-state index contributed by atoms with van der Waals surface area (Å²) in [6.07, 6.45) is 1.53. The van der Waals surface area contributed by atoms with Gasteiger partial charge in [-0.2, -0.15) is 0 Å². The molecule has 0 atom stereocenters. The fourth-order valence-corrected chi connectivity index (χ4v) is 2.26. The predicted octanol–water partition coefficient (Wildman–Crippen LogP) is 0.646. The van der Waals surface area contributed by atoms with Gasteiger partial charge in [0.15, 0.2) is 5.03 Å². The third kappa shape index (κ3) is 1.76. The minimum atomic E-state index is -3.61. The normalized spacial score (nSPS) is 11.3. The fraction of sp³-hybridized carbons (Fsp3) is 0.111. The zero-order valence-electron chi connectivity index (χ0n) is 8.41. The molecule has 0 saturated heterocycles. The van der Waals surface area contributed by atoms with Gasteiger partial charge in [-0.05, 0) is 18.2 Å². The molecule has 0 aliphatic heterocycles. The average molecular weight is 239 g/mol. The smallest absolute Gasteiger partial charge is 0.240 e. The van der Waals surface area contributed by atoms with Crippen molar-refractivity contribution in [2.75, 3.05) is 7.11 Å². The molecule has 0 fully saturated rings. The maximum atomic E-state index is 11.9. The molecule has 0 radical (unpaired) electrons. The summed E-state index contributed by atoms with van der Waals surface area (Å²) in [5.74, 6) is 0.269. The molecule has 0 saturated carbocycles. The maximum Gasteiger partial charge on any atom is 0.240 e. The topological polar surface area (TPSA) is 84.9 Å². The molecule has 1 N–H and O–H groups in total. The van der Waals surface area contributed by atoms with Crippen LogP contribution in [-0.2, 0) is 9.84 Å². The van der Waals surface area contributed by atoms with Crippen LogP contribution in [0.4, 0.5) is 0 Å². The van der Waals surface area contributed by atoms with Gasteiger partial charge in [-0.25, -0.2) is 8.42 Å². The van der Waals surface area contributed by atoms with Gasteiger partial charge in [0.05, 0.1) is 7.11 Å². The summed E-state index contributed by atoms with van der Waals surface area (Å²) >= 11 is 0. The zero-order chi connectivity index (χ0) is 11.6. The Morgan fingerprint density at radius 3 is 2.56 bits per heavy atom. The number of nitrogens with one attached hydrogen (secondary N) is 1. The van der Waals surface area contributed by atoms with Crippen molar-refractivity contribution in [3.8, 4) is 5.88 Å². The van der Waals surface area contributed by atoms with Gasteiger partial charge in [0.2, 0.25) is 15.7 Å². The van der Waals surface area contributed by atoms with Gasteiger partial charge in [0.25, 0.3) is 0 Å². The van der Waals surface area contributed by atoms with Crippen LogP contribution in [-0.4, -0.2) is 30.7 Å². The number of aromatic amines is 1. The molecular formula is C9H9N3O3S. The second kappa shape index (κ2) is 3.93. The van der Waals surface area contributed by atoms with Crippen molar-refractivity contribution < 1.29 is 13.2 Å². The number of rotatable bonds is 3. The van der Waals surface area contributed by atoms with Gasteiger partial charge in [-0.15, -0.1) is 10.2 Å². The molecule has 2 aromatic rings. The molecule has 2 heterocycles.